The van der Waals surface area contributed by atoms with Gasteiger partial charge in [-0.3, -0.25) is 0 Å². The van der Waals surface area contributed by atoms with Gasteiger partial charge in [0.25, 0.3) is 0 Å². The van der Waals surface area contributed by atoms with E-state index in [1.807, 2.05) is 24.3 Å². The second kappa shape index (κ2) is 6.02. The minimum absolute atomic E-state index is 0.111. The van der Waals surface area contributed by atoms with Crippen molar-refractivity contribution in [2.24, 2.45) is 0 Å². The molecular formula is C11H15ClO2. The van der Waals surface area contributed by atoms with Gasteiger partial charge in [-0.1, -0.05) is 23.7 Å². The Labute approximate surface area is 89.1 Å². The first-order valence-corrected chi connectivity index (χ1v) is 5.13. The number of aliphatic hydroxyl groups excluding tert-OH is 2. The van der Waals surface area contributed by atoms with Crippen LogP contribution >= 0.6 is 11.6 Å². The van der Waals surface area contributed by atoms with Crippen LogP contribution in [0.25, 0.3) is 0 Å². The topological polar surface area (TPSA) is 40.5 Å². The van der Waals surface area contributed by atoms with Crippen LogP contribution in [-0.2, 0) is 0 Å². The van der Waals surface area contributed by atoms with Crippen molar-refractivity contribution in [2.45, 2.75) is 18.8 Å². The van der Waals surface area contributed by atoms with Crippen molar-refractivity contribution >= 4 is 11.6 Å². The van der Waals surface area contributed by atoms with Crippen LogP contribution < -0.4 is 0 Å². The molecule has 1 unspecified atom stereocenters. The molecule has 1 rings (SSSR count). The Balaban J connectivity index is 2.64. The lowest BCUT2D eigenvalue weighted by molar-refractivity contribution is 0.237. The van der Waals surface area contributed by atoms with E-state index in [0.29, 0.717) is 11.4 Å². The Hall–Kier alpha value is -0.570. The van der Waals surface area contributed by atoms with Crippen LogP contribution in [0.4, 0.5) is 0 Å². The number of rotatable bonds is 5. The molecule has 0 bridgehead atoms. The third kappa shape index (κ3) is 3.29. The van der Waals surface area contributed by atoms with Crippen LogP contribution in [0.15, 0.2) is 24.3 Å². The van der Waals surface area contributed by atoms with E-state index < -0.39 is 0 Å². The largest absolute Gasteiger partial charge is 0.396 e. The summed E-state index contributed by atoms with van der Waals surface area (Å²) in [6, 6.07) is 7.47. The molecule has 0 spiro atoms. The van der Waals surface area contributed by atoms with Gasteiger partial charge in [0.1, 0.15) is 0 Å². The zero-order valence-electron chi connectivity index (χ0n) is 7.99. The SMILES string of the molecule is OCCCC(CO)c1ccc(Cl)cc1. The fourth-order valence-electron chi connectivity index (χ4n) is 1.44. The van der Waals surface area contributed by atoms with Gasteiger partial charge < -0.3 is 10.2 Å². The molecule has 0 aliphatic heterocycles. The van der Waals surface area contributed by atoms with Crippen LogP contribution in [0, 0.1) is 0 Å². The fraction of sp³-hybridized carbons (Fsp3) is 0.455. The number of benzene rings is 1. The van der Waals surface area contributed by atoms with Gasteiger partial charge >= 0.3 is 0 Å². The van der Waals surface area contributed by atoms with Gasteiger partial charge in [0.15, 0.2) is 0 Å². The normalized spacial score (nSPS) is 12.8. The molecule has 0 saturated carbocycles. The second-order valence-electron chi connectivity index (χ2n) is 3.30. The molecule has 0 fully saturated rings. The summed E-state index contributed by atoms with van der Waals surface area (Å²) in [5, 5.41) is 18.6. The molecule has 0 aliphatic rings. The molecule has 1 aromatic carbocycles. The van der Waals surface area contributed by atoms with E-state index >= 15 is 0 Å². The van der Waals surface area contributed by atoms with Crippen molar-refractivity contribution in [3.05, 3.63) is 34.9 Å². The van der Waals surface area contributed by atoms with E-state index in [1.54, 1.807) is 0 Å². The van der Waals surface area contributed by atoms with Crippen LogP contribution in [0.3, 0.4) is 0 Å². The van der Waals surface area contributed by atoms with Crippen molar-refractivity contribution in [3.8, 4) is 0 Å². The summed E-state index contributed by atoms with van der Waals surface area (Å²) < 4.78 is 0. The van der Waals surface area contributed by atoms with Gasteiger partial charge in [-0.15, -0.1) is 0 Å². The lowest BCUT2D eigenvalue weighted by Gasteiger charge is -2.13. The maximum absolute atomic E-state index is 9.16. The molecule has 1 atom stereocenters. The maximum atomic E-state index is 9.16. The van der Waals surface area contributed by atoms with Gasteiger partial charge in [-0.05, 0) is 30.5 Å². The van der Waals surface area contributed by atoms with Crippen molar-refractivity contribution in [1.82, 2.24) is 0 Å². The summed E-state index contributed by atoms with van der Waals surface area (Å²) in [6.45, 7) is 0.283. The monoisotopic (exact) mass is 214 g/mol. The van der Waals surface area contributed by atoms with Crippen molar-refractivity contribution < 1.29 is 10.2 Å². The van der Waals surface area contributed by atoms with Crippen LogP contribution in [0.5, 0.6) is 0 Å². The lowest BCUT2D eigenvalue weighted by atomic mass is 9.95. The van der Waals surface area contributed by atoms with Gasteiger partial charge in [0, 0.05) is 24.2 Å². The van der Waals surface area contributed by atoms with Crippen molar-refractivity contribution in [1.29, 1.82) is 0 Å². The molecule has 78 valence electrons. The molecular weight excluding hydrogens is 200 g/mol. The minimum Gasteiger partial charge on any atom is -0.396 e. The summed E-state index contributed by atoms with van der Waals surface area (Å²) in [4.78, 5) is 0. The highest BCUT2D eigenvalue weighted by Crippen LogP contribution is 2.22. The molecule has 14 heavy (non-hydrogen) atoms. The smallest absolute Gasteiger partial charge is 0.0499 e. The average Bonchev–Trinajstić information content (AvgIpc) is 2.21. The Morgan fingerprint density at radius 1 is 1.14 bits per heavy atom. The predicted octanol–water partition coefficient (Wildman–Crippen LogP) is 2.19. The molecule has 2 nitrogen and oxygen atoms in total. The Morgan fingerprint density at radius 3 is 2.29 bits per heavy atom. The Morgan fingerprint density at radius 2 is 1.79 bits per heavy atom. The Bertz CT molecular complexity index is 258. The first-order valence-electron chi connectivity index (χ1n) is 4.75. The molecule has 0 radical (unpaired) electrons. The van der Waals surface area contributed by atoms with E-state index in [-0.39, 0.29) is 19.1 Å². The van der Waals surface area contributed by atoms with Gasteiger partial charge in [-0.2, -0.15) is 0 Å². The molecule has 0 heterocycles. The van der Waals surface area contributed by atoms with E-state index in [2.05, 4.69) is 0 Å². The third-order valence-corrected chi connectivity index (χ3v) is 2.52. The first kappa shape index (κ1) is 11.5. The quantitative estimate of drug-likeness (QED) is 0.789. The predicted molar refractivity (Wildman–Crippen MR) is 57.6 cm³/mol. The van der Waals surface area contributed by atoms with Crippen LogP contribution in [0.1, 0.15) is 24.3 Å². The van der Waals surface area contributed by atoms with Crippen molar-refractivity contribution in [3.63, 3.8) is 0 Å². The van der Waals surface area contributed by atoms with E-state index in [0.717, 1.165) is 12.0 Å². The molecule has 0 saturated heterocycles. The van der Waals surface area contributed by atoms with E-state index in [4.69, 9.17) is 21.8 Å². The zero-order chi connectivity index (χ0) is 10.4. The highest BCUT2D eigenvalue weighted by atomic mass is 35.5. The molecule has 3 heteroatoms. The second-order valence-corrected chi connectivity index (χ2v) is 3.73. The van der Waals surface area contributed by atoms with Crippen LogP contribution in [-0.4, -0.2) is 23.4 Å². The van der Waals surface area contributed by atoms with Crippen LogP contribution in [0.2, 0.25) is 5.02 Å². The summed E-state index contributed by atoms with van der Waals surface area (Å²) in [5.74, 6) is 0.111. The third-order valence-electron chi connectivity index (χ3n) is 2.27. The fourth-order valence-corrected chi connectivity index (χ4v) is 1.56. The molecule has 1 aromatic rings. The van der Waals surface area contributed by atoms with Crippen molar-refractivity contribution in [2.75, 3.05) is 13.2 Å². The average molecular weight is 215 g/mol. The zero-order valence-corrected chi connectivity index (χ0v) is 8.74. The number of hydrogen-bond acceptors (Lipinski definition) is 2. The maximum Gasteiger partial charge on any atom is 0.0499 e. The summed E-state index contributed by atoms with van der Waals surface area (Å²) in [6.07, 6.45) is 1.52. The van der Waals surface area contributed by atoms with E-state index in [1.165, 1.54) is 0 Å². The van der Waals surface area contributed by atoms with Gasteiger partial charge in [-0.25, -0.2) is 0 Å². The number of halogens is 1. The van der Waals surface area contributed by atoms with E-state index in [9.17, 15) is 0 Å². The number of aliphatic hydroxyl groups is 2. The minimum atomic E-state index is 0.111. The number of hydrogen-bond donors (Lipinski definition) is 2. The lowest BCUT2D eigenvalue weighted by Crippen LogP contribution is -2.04. The first-order chi connectivity index (χ1) is 6.77. The molecule has 2 N–H and O–H groups in total. The summed E-state index contributed by atoms with van der Waals surface area (Å²) >= 11 is 5.76. The Kier molecular flexibility index (Phi) is 4.94. The summed E-state index contributed by atoms with van der Waals surface area (Å²) in [5.41, 5.74) is 1.07. The molecule has 0 aliphatic carbocycles. The summed E-state index contributed by atoms with van der Waals surface area (Å²) in [7, 11) is 0. The highest BCUT2D eigenvalue weighted by Gasteiger charge is 2.09. The van der Waals surface area contributed by atoms with Gasteiger partial charge in [0.2, 0.25) is 0 Å². The standard InChI is InChI=1S/C11H15ClO2/c12-11-5-3-9(4-6-11)10(8-14)2-1-7-13/h3-6,10,13-14H,1-2,7-8H2. The highest BCUT2D eigenvalue weighted by molar-refractivity contribution is 6.30. The molecule has 0 amide bonds. The molecule has 0 aromatic heterocycles. The van der Waals surface area contributed by atoms with Gasteiger partial charge in [0.05, 0.1) is 0 Å².